The molecule has 2 N–H and O–H groups in total. The van der Waals surface area contributed by atoms with Crippen LogP contribution in [-0.2, 0) is 0 Å². The zero-order valence-corrected chi connectivity index (χ0v) is 20.7. The van der Waals surface area contributed by atoms with Crippen LogP contribution in [0.3, 0.4) is 0 Å². The second-order valence-electron chi connectivity index (χ2n) is 9.14. The van der Waals surface area contributed by atoms with E-state index >= 15 is 0 Å². The van der Waals surface area contributed by atoms with Crippen molar-refractivity contribution in [2.24, 2.45) is 0 Å². The van der Waals surface area contributed by atoms with Crippen LogP contribution >= 0.6 is 0 Å². The van der Waals surface area contributed by atoms with Gasteiger partial charge < -0.3 is 14.9 Å². The molecule has 0 bridgehead atoms. The number of carboxylic acids is 2. The van der Waals surface area contributed by atoms with Crippen LogP contribution in [0.4, 0.5) is 0 Å². The average molecular weight is 511 g/mol. The molecule has 6 aromatic rings. The van der Waals surface area contributed by atoms with Crippen LogP contribution in [0.1, 0.15) is 20.7 Å². The molecule has 188 valence electrons. The first-order valence-corrected chi connectivity index (χ1v) is 12.4. The third-order valence-electron chi connectivity index (χ3n) is 6.80. The number of carboxylic acid groups (broad SMARTS) is 2. The van der Waals surface area contributed by atoms with Crippen molar-refractivity contribution >= 4 is 33.5 Å². The maximum absolute atomic E-state index is 12.8. The fraction of sp³-hybridized carbons (Fsp3) is 0. The molecule has 0 aliphatic heterocycles. The van der Waals surface area contributed by atoms with Crippen molar-refractivity contribution in [1.29, 1.82) is 0 Å². The molecule has 5 nitrogen and oxygen atoms in total. The number of ether oxygens (including phenoxy) is 1. The lowest BCUT2D eigenvalue weighted by Gasteiger charge is -2.20. The number of fused-ring (bicyclic) bond motifs is 2. The number of aromatic carboxylic acids is 2. The molecule has 0 heterocycles. The Hall–Kier alpha value is -5.42. The van der Waals surface area contributed by atoms with Gasteiger partial charge in [0, 0.05) is 21.9 Å². The van der Waals surface area contributed by atoms with Crippen LogP contribution in [0.5, 0.6) is 11.5 Å². The number of benzene rings is 6. The molecule has 0 radical (unpaired) electrons. The minimum atomic E-state index is -1.17. The van der Waals surface area contributed by atoms with Crippen molar-refractivity contribution in [3.05, 3.63) is 132 Å². The van der Waals surface area contributed by atoms with Crippen molar-refractivity contribution in [2.75, 3.05) is 0 Å². The first-order valence-electron chi connectivity index (χ1n) is 12.4. The topological polar surface area (TPSA) is 83.8 Å². The van der Waals surface area contributed by atoms with Crippen molar-refractivity contribution in [3.8, 4) is 33.8 Å². The fourth-order valence-electron chi connectivity index (χ4n) is 5.06. The Balaban J connectivity index is 1.72. The number of hydrogen-bond donors (Lipinski definition) is 2. The predicted molar refractivity (Wildman–Crippen MR) is 153 cm³/mol. The van der Waals surface area contributed by atoms with E-state index in [0.29, 0.717) is 33.0 Å². The third kappa shape index (κ3) is 4.26. The monoisotopic (exact) mass is 510 g/mol. The highest BCUT2D eigenvalue weighted by Crippen LogP contribution is 2.45. The van der Waals surface area contributed by atoms with Gasteiger partial charge in [0.2, 0.25) is 0 Å². The van der Waals surface area contributed by atoms with Gasteiger partial charge in [-0.1, -0.05) is 109 Å². The zero-order chi connectivity index (χ0) is 26.9. The van der Waals surface area contributed by atoms with E-state index in [0.717, 1.165) is 10.8 Å². The van der Waals surface area contributed by atoms with Gasteiger partial charge in [-0.25, -0.2) is 9.59 Å². The van der Waals surface area contributed by atoms with Gasteiger partial charge in [-0.15, -0.1) is 0 Å². The van der Waals surface area contributed by atoms with Crippen LogP contribution < -0.4 is 4.74 Å². The van der Waals surface area contributed by atoms with Crippen LogP contribution in [0, 0.1) is 0 Å². The normalized spacial score (nSPS) is 11.0. The lowest BCUT2D eigenvalue weighted by Crippen LogP contribution is -2.08. The van der Waals surface area contributed by atoms with E-state index in [1.165, 1.54) is 0 Å². The van der Waals surface area contributed by atoms with E-state index in [9.17, 15) is 19.8 Å². The molecule has 0 saturated heterocycles. The molecule has 5 heteroatoms. The molecule has 0 aliphatic rings. The number of rotatable bonds is 6. The molecule has 0 spiro atoms. The van der Waals surface area contributed by atoms with Crippen molar-refractivity contribution in [3.63, 3.8) is 0 Å². The van der Waals surface area contributed by atoms with Gasteiger partial charge in [0.05, 0.1) is 0 Å². The molecule has 0 saturated carbocycles. The van der Waals surface area contributed by atoms with E-state index in [-0.39, 0.29) is 22.6 Å². The van der Waals surface area contributed by atoms with E-state index < -0.39 is 11.9 Å². The maximum Gasteiger partial charge on any atom is 0.340 e. The highest BCUT2D eigenvalue weighted by Gasteiger charge is 2.27. The fourth-order valence-corrected chi connectivity index (χ4v) is 5.06. The van der Waals surface area contributed by atoms with E-state index in [2.05, 4.69) is 0 Å². The predicted octanol–water partition coefficient (Wildman–Crippen LogP) is 8.52. The third-order valence-corrected chi connectivity index (χ3v) is 6.80. The minimum Gasteiger partial charge on any atom is -0.478 e. The molecule has 6 aromatic carbocycles. The quantitative estimate of drug-likeness (QED) is 0.235. The second-order valence-corrected chi connectivity index (χ2v) is 9.14. The molecule has 0 amide bonds. The molecule has 6 rings (SSSR count). The second kappa shape index (κ2) is 9.80. The van der Waals surface area contributed by atoms with Gasteiger partial charge in [0.25, 0.3) is 0 Å². The van der Waals surface area contributed by atoms with Gasteiger partial charge in [-0.3, -0.25) is 0 Å². The Labute approximate surface area is 224 Å². The lowest BCUT2D eigenvalue weighted by molar-refractivity contribution is 0.0688. The molecule has 0 aromatic heterocycles. The van der Waals surface area contributed by atoms with E-state index in [1.807, 2.05) is 97.1 Å². The lowest BCUT2D eigenvalue weighted by atomic mass is 9.93. The SMILES string of the molecule is O=C(O)c1c(-c2ccccc2)cc2ccccc2c1Oc1c(C(=O)O)c(-c2ccccc2)cc2ccccc12. The van der Waals surface area contributed by atoms with E-state index in [1.54, 1.807) is 24.3 Å². The molecule has 0 fully saturated rings. The Morgan fingerprint density at radius 3 is 1.23 bits per heavy atom. The summed E-state index contributed by atoms with van der Waals surface area (Å²) in [4.78, 5) is 25.6. The average Bonchev–Trinajstić information content (AvgIpc) is 2.97. The highest BCUT2D eigenvalue weighted by atomic mass is 16.5. The van der Waals surface area contributed by atoms with Crippen molar-refractivity contribution in [1.82, 2.24) is 0 Å². The van der Waals surface area contributed by atoms with Crippen LogP contribution in [0.2, 0.25) is 0 Å². The van der Waals surface area contributed by atoms with Gasteiger partial charge in [0.15, 0.2) is 0 Å². The first kappa shape index (κ1) is 23.9. The highest BCUT2D eigenvalue weighted by molar-refractivity contribution is 6.10. The molecule has 0 unspecified atom stereocenters. The minimum absolute atomic E-state index is 0.0366. The standard InChI is InChI=1S/C34H22O5/c35-33(36)29-27(21-11-3-1-4-12-21)19-23-15-7-9-17-25(23)31(29)39-32-26-18-10-8-16-24(26)20-28(30(32)34(37)38)22-13-5-2-6-14-22/h1-20H,(H,35,36)(H,37,38). The maximum atomic E-state index is 12.8. The zero-order valence-electron chi connectivity index (χ0n) is 20.7. The first-order chi connectivity index (χ1) is 19.0. The summed E-state index contributed by atoms with van der Waals surface area (Å²) in [5.41, 5.74) is 2.32. The molecule has 0 atom stereocenters. The number of hydrogen-bond acceptors (Lipinski definition) is 3. The summed E-state index contributed by atoms with van der Waals surface area (Å²) in [6.45, 7) is 0. The Kier molecular flexibility index (Phi) is 6.02. The summed E-state index contributed by atoms with van der Waals surface area (Å²) in [5, 5.41) is 23.6. The summed E-state index contributed by atoms with van der Waals surface area (Å²) in [6, 6.07) is 36.8. The summed E-state index contributed by atoms with van der Waals surface area (Å²) >= 11 is 0. The summed E-state index contributed by atoms with van der Waals surface area (Å²) in [5.74, 6) is -2.15. The van der Waals surface area contributed by atoms with Crippen molar-refractivity contribution < 1.29 is 24.5 Å². The van der Waals surface area contributed by atoms with Gasteiger partial charge in [0.1, 0.15) is 22.6 Å². The van der Waals surface area contributed by atoms with Crippen LogP contribution in [0.25, 0.3) is 43.8 Å². The molecular weight excluding hydrogens is 488 g/mol. The Morgan fingerprint density at radius 1 is 0.487 bits per heavy atom. The molecular formula is C34H22O5. The van der Waals surface area contributed by atoms with Gasteiger partial charge in [-0.05, 0) is 34.0 Å². The van der Waals surface area contributed by atoms with Gasteiger partial charge >= 0.3 is 11.9 Å². The summed E-state index contributed by atoms with van der Waals surface area (Å²) in [7, 11) is 0. The van der Waals surface area contributed by atoms with Gasteiger partial charge in [-0.2, -0.15) is 0 Å². The van der Waals surface area contributed by atoms with Crippen molar-refractivity contribution in [2.45, 2.75) is 0 Å². The van der Waals surface area contributed by atoms with Crippen LogP contribution in [0.15, 0.2) is 121 Å². The summed E-state index contributed by atoms with van der Waals surface area (Å²) in [6.07, 6.45) is 0. The molecule has 0 aliphatic carbocycles. The smallest absolute Gasteiger partial charge is 0.340 e. The van der Waals surface area contributed by atoms with Crippen LogP contribution in [-0.4, -0.2) is 22.2 Å². The summed E-state index contributed by atoms with van der Waals surface area (Å²) < 4.78 is 6.55. The molecule has 39 heavy (non-hydrogen) atoms. The Bertz CT molecular complexity index is 1740. The Morgan fingerprint density at radius 2 is 0.846 bits per heavy atom. The number of carbonyl (C=O) groups is 2. The largest absolute Gasteiger partial charge is 0.478 e. The van der Waals surface area contributed by atoms with E-state index in [4.69, 9.17) is 4.74 Å².